The summed E-state index contributed by atoms with van der Waals surface area (Å²) in [6.45, 7) is 4.05. The Morgan fingerprint density at radius 3 is 2.54 bits per heavy atom. The first-order chi connectivity index (χ1) is 13.3. The van der Waals surface area contributed by atoms with Gasteiger partial charge in [0.05, 0.1) is 24.1 Å². The van der Waals surface area contributed by atoms with E-state index in [9.17, 15) is 14.9 Å². The molecule has 2 aromatic rings. The summed E-state index contributed by atoms with van der Waals surface area (Å²) in [5.74, 6) is 0.184. The van der Waals surface area contributed by atoms with Gasteiger partial charge in [0.15, 0.2) is 5.78 Å². The Hall–Kier alpha value is -2.85. The molecule has 0 fully saturated rings. The van der Waals surface area contributed by atoms with E-state index in [-0.39, 0.29) is 17.0 Å². The summed E-state index contributed by atoms with van der Waals surface area (Å²) in [6, 6.07) is 9.41. The van der Waals surface area contributed by atoms with Gasteiger partial charge in [-0.2, -0.15) is 5.26 Å². The first-order valence-corrected chi connectivity index (χ1v) is 9.80. The largest absolute Gasteiger partial charge is 0.497 e. The summed E-state index contributed by atoms with van der Waals surface area (Å²) in [5, 5.41) is 10.3. The number of carbonyl (C=O) groups is 2. The zero-order valence-electron chi connectivity index (χ0n) is 16.0. The van der Waals surface area contributed by atoms with Gasteiger partial charge in [-0.1, -0.05) is 37.7 Å². The fourth-order valence-corrected chi connectivity index (χ4v) is 4.22. The number of ether oxygens (including phenoxy) is 1. The highest BCUT2D eigenvalue weighted by Crippen LogP contribution is 2.42. The zero-order chi connectivity index (χ0) is 20.5. The molecule has 0 bridgehead atoms. The number of ketones is 1. The summed E-state index contributed by atoms with van der Waals surface area (Å²) in [7, 11) is 1.58. The normalized spacial score (nSPS) is 14.9. The lowest BCUT2D eigenvalue weighted by atomic mass is 9.73. The molecular formula is C21H21N3O3S. The molecule has 3 rings (SSSR count). The van der Waals surface area contributed by atoms with Gasteiger partial charge in [-0.05, 0) is 29.5 Å². The summed E-state index contributed by atoms with van der Waals surface area (Å²) >= 11 is 1.13. The number of nitriles is 1. The molecule has 28 heavy (non-hydrogen) atoms. The van der Waals surface area contributed by atoms with Crippen LogP contribution in [0.15, 0.2) is 29.3 Å². The van der Waals surface area contributed by atoms with E-state index in [2.05, 4.69) is 11.1 Å². The third-order valence-corrected chi connectivity index (χ3v) is 5.64. The van der Waals surface area contributed by atoms with Crippen LogP contribution in [-0.2, 0) is 11.2 Å². The van der Waals surface area contributed by atoms with E-state index in [1.54, 1.807) is 19.2 Å². The Balaban J connectivity index is 2.27. The van der Waals surface area contributed by atoms with Gasteiger partial charge in [0.25, 0.3) is 0 Å². The van der Waals surface area contributed by atoms with Gasteiger partial charge in [0.2, 0.25) is 5.91 Å². The molecule has 1 aromatic carbocycles. The maximum atomic E-state index is 13.0. The number of pyridine rings is 1. The molecule has 1 heterocycles. The molecule has 1 aromatic heterocycles. The second-order valence-corrected chi connectivity index (χ2v) is 8.49. The first kappa shape index (κ1) is 19.9. The zero-order valence-corrected chi connectivity index (χ0v) is 16.9. The van der Waals surface area contributed by atoms with Crippen molar-refractivity contribution in [1.29, 1.82) is 5.26 Å². The summed E-state index contributed by atoms with van der Waals surface area (Å²) in [4.78, 5) is 28.9. The van der Waals surface area contributed by atoms with Crippen LogP contribution >= 0.6 is 11.8 Å². The highest BCUT2D eigenvalue weighted by atomic mass is 32.2. The molecule has 1 aliphatic rings. The minimum Gasteiger partial charge on any atom is -0.497 e. The molecule has 0 atom stereocenters. The van der Waals surface area contributed by atoms with E-state index in [1.807, 2.05) is 26.0 Å². The topological polar surface area (TPSA) is 106 Å². The van der Waals surface area contributed by atoms with Crippen molar-refractivity contribution in [2.24, 2.45) is 11.1 Å². The number of fused-ring (bicyclic) bond motifs is 1. The lowest BCUT2D eigenvalue weighted by molar-refractivity contribution is -0.115. The van der Waals surface area contributed by atoms with Crippen molar-refractivity contribution in [3.05, 3.63) is 41.1 Å². The molecule has 0 unspecified atom stereocenters. The Labute approximate surface area is 168 Å². The highest BCUT2D eigenvalue weighted by Gasteiger charge is 2.36. The molecule has 0 spiro atoms. The van der Waals surface area contributed by atoms with Crippen molar-refractivity contribution in [2.45, 2.75) is 31.7 Å². The van der Waals surface area contributed by atoms with Crippen molar-refractivity contribution >= 4 is 23.5 Å². The molecule has 7 heteroatoms. The monoisotopic (exact) mass is 395 g/mol. The number of primary amides is 1. The number of nitrogens with two attached hydrogens (primary N) is 1. The van der Waals surface area contributed by atoms with Gasteiger partial charge in [0.1, 0.15) is 16.8 Å². The summed E-state index contributed by atoms with van der Waals surface area (Å²) < 4.78 is 5.21. The minimum absolute atomic E-state index is 0.0137. The average Bonchev–Trinajstić information content (AvgIpc) is 2.64. The van der Waals surface area contributed by atoms with Crippen LogP contribution in [0.4, 0.5) is 0 Å². The van der Waals surface area contributed by atoms with Gasteiger partial charge in [-0.25, -0.2) is 4.98 Å². The number of rotatable bonds is 5. The smallest absolute Gasteiger partial charge is 0.227 e. The van der Waals surface area contributed by atoms with Crippen molar-refractivity contribution in [2.75, 3.05) is 12.9 Å². The molecular weight excluding hydrogens is 374 g/mol. The molecule has 6 nitrogen and oxygen atoms in total. The minimum atomic E-state index is -0.490. The average molecular weight is 395 g/mol. The number of hydrogen-bond donors (Lipinski definition) is 1. The van der Waals surface area contributed by atoms with Crippen molar-refractivity contribution in [3.8, 4) is 22.9 Å². The molecule has 1 amide bonds. The van der Waals surface area contributed by atoms with Gasteiger partial charge in [0, 0.05) is 17.5 Å². The Morgan fingerprint density at radius 1 is 1.29 bits per heavy atom. The molecule has 0 aliphatic heterocycles. The SMILES string of the molecule is COc1ccc(-c2c(C#N)c(SCC(N)=O)nc3c2C(=O)CC(C)(C)C3)cc1. The van der Waals surface area contributed by atoms with E-state index in [4.69, 9.17) is 10.5 Å². The third kappa shape index (κ3) is 3.87. The maximum Gasteiger partial charge on any atom is 0.227 e. The van der Waals surface area contributed by atoms with Crippen LogP contribution in [0.3, 0.4) is 0 Å². The number of carbonyl (C=O) groups excluding carboxylic acids is 2. The number of methoxy groups -OCH3 is 1. The van der Waals surface area contributed by atoms with Gasteiger partial charge in [-0.15, -0.1) is 0 Å². The predicted octanol–water partition coefficient (Wildman–Crippen LogP) is 3.36. The Morgan fingerprint density at radius 2 is 1.96 bits per heavy atom. The summed E-state index contributed by atoms with van der Waals surface area (Å²) in [5.41, 5.74) is 7.84. The van der Waals surface area contributed by atoms with Crippen LogP contribution < -0.4 is 10.5 Å². The highest BCUT2D eigenvalue weighted by molar-refractivity contribution is 8.00. The summed E-state index contributed by atoms with van der Waals surface area (Å²) in [6.07, 6.45) is 1.01. The van der Waals surface area contributed by atoms with E-state index in [0.717, 1.165) is 17.3 Å². The second kappa shape index (κ2) is 7.64. The van der Waals surface area contributed by atoms with Crippen LogP contribution in [-0.4, -0.2) is 29.5 Å². The quantitative estimate of drug-likeness (QED) is 0.778. The number of amides is 1. The third-order valence-electron chi connectivity index (χ3n) is 4.64. The number of hydrogen-bond acceptors (Lipinski definition) is 6. The Kier molecular flexibility index (Phi) is 5.43. The van der Waals surface area contributed by atoms with Crippen molar-refractivity contribution in [3.63, 3.8) is 0 Å². The molecule has 0 saturated heterocycles. The first-order valence-electron chi connectivity index (χ1n) is 8.81. The lowest BCUT2D eigenvalue weighted by Crippen LogP contribution is -2.29. The van der Waals surface area contributed by atoms with Crippen LogP contribution in [0, 0.1) is 16.7 Å². The van der Waals surface area contributed by atoms with Gasteiger partial charge in [-0.3, -0.25) is 9.59 Å². The molecule has 2 N–H and O–H groups in total. The number of aromatic nitrogens is 1. The van der Waals surface area contributed by atoms with Gasteiger partial charge >= 0.3 is 0 Å². The van der Waals surface area contributed by atoms with Crippen molar-refractivity contribution in [1.82, 2.24) is 4.98 Å². The van der Waals surface area contributed by atoms with E-state index >= 15 is 0 Å². The van der Waals surface area contributed by atoms with E-state index in [0.29, 0.717) is 46.0 Å². The number of Topliss-reactive ketones (excluding diaryl/α,β-unsaturated/α-hetero) is 1. The number of benzene rings is 1. The lowest BCUT2D eigenvalue weighted by Gasteiger charge is -2.31. The fraction of sp³-hybridized carbons (Fsp3) is 0.333. The van der Waals surface area contributed by atoms with Gasteiger partial charge < -0.3 is 10.5 Å². The van der Waals surface area contributed by atoms with E-state index in [1.165, 1.54) is 0 Å². The van der Waals surface area contributed by atoms with Crippen LogP contribution in [0.25, 0.3) is 11.1 Å². The number of nitrogens with zero attached hydrogens (tertiary/aromatic N) is 2. The molecule has 0 radical (unpaired) electrons. The van der Waals surface area contributed by atoms with Crippen LogP contribution in [0.5, 0.6) is 5.75 Å². The van der Waals surface area contributed by atoms with Crippen LogP contribution in [0.1, 0.15) is 41.9 Å². The van der Waals surface area contributed by atoms with Crippen LogP contribution in [0.2, 0.25) is 0 Å². The molecule has 144 valence electrons. The second-order valence-electron chi connectivity index (χ2n) is 7.52. The van der Waals surface area contributed by atoms with Crippen molar-refractivity contribution < 1.29 is 14.3 Å². The standard InChI is InChI=1S/C21H21N3O3S/c1-21(2)8-15-19(16(25)9-21)18(12-4-6-13(27-3)7-5-12)14(10-22)20(24-15)28-11-17(23)26/h4-7H,8-9,11H2,1-3H3,(H2,23,26). The number of thioether (sulfide) groups is 1. The maximum absolute atomic E-state index is 13.0. The fourth-order valence-electron chi connectivity index (χ4n) is 3.47. The predicted molar refractivity (Wildman–Crippen MR) is 107 cm³/mol. The molecule has 1 aliphatic carbocycles. The van der Waals surface area contributed by atoms with E-state index < -0.39 is 5.91 Å². The Bertz CT molecular complexity index is 991. The molecule has 0 saturated carbocycles.